The summed E-state index contributed by atoms with van der Waals surface area (Å²) in [7, 11) is -2.21. The summed E-state index contributed by atoms with van der Waals surface area (Å²) in [6.07, 6.45) is -0.954. The average Bonchev–Trinajstić information content (AvgIpc) is 2.93. The maximum Gasteiger partial charge on any atom is 0.407 e. The van der Waals surface area contributed by atoms with Crippen LogP contribution in [0.3, 0.4) is 0 Å². The van der Waals surface area contributed by atoms with Gasteiger partial charge in [0.25, 0.3) is 0 Å². The Hall–Kier alpha value is -3.42. The number of ether oxygens (including phenoxy) is 1. The number of nitrogens with one attached hydrogen (secondary N) is 1. The number of alkyl carbamates (subject to hydrolysis) is 1. The van der Waals surface area contributed by atoms with Crippen molar-refractivity contribution in [2.24, 2.45) is 5.92 Å². The lowest BCUT2D eigenvalue weighted by atomic mass is 9.75. The van der Waals surface area contributed by atoms with Crippen LogP contribution < -0.4 is 5.32 Å². The van der Waals surface area contributed by atoms with Gasteiger partial charge in [-0.25, -0.2) is 4.79 Å². The minimum absolute atomic E-state index is 0.00301. The molecule has 212 valence electrons. The first-order valence-corrected chi connectivity index (χ1v) is 16.9. The number of hydrogen-bond acceptors (Lipinski definition) is 4. The van der Waals surface area contributed by atoms with Gasteiger partial charge < -0.3 is 19.4 Å². The van der Waals surface area contributed by atoms with Crippen molar-refractivity contribution >= 4 is 20.3 Å². The Morgan fingerprint density at radius 2 is 1.43 bits per heavy atom. The first-order chi connectivity index (χ1) is 19.0. The monoisotopic (exact) mass is 558 g/mol. The quantitative estimate of drug-likeness (QED) is 0.213. The van der Waals surface area contributed by atoms with Crippen LogP contribution in [0.15, 0.2) is 91.0 Å². The predicted molar refractivity (Wildman–Crippen MR) is 161 cm³/mol. The molecule has 1 aliphatic rings. The van der Waals surface area contributed by atoms with Gasteiger partial charge in [-0.15, -0.1) is 0 Å². The van der Waals surface area contributed by atoms with E-state index in [1.54, 1.807) is 0 Å². The number of β-lactam (4-membered cyclic amide) rings is 1. The van der Waals surface area contributed by atoms with Crippen molar-refractivity contribution in [1.29, 1.82) is 0 Å². The normalized spacial score (nSPS) is 18.9. The highest BCUT2D eigenvalue weighted by Gasteiger charge is 2.54. The third-order valence-electron chi connectivity index (χ3n) is 8.26. The second-order valence-electron chi connectivity index (χ2n) is 12.1. The smallest absolute Gasteiger partial charge is 0.407 e. The third kappa shape index (κ3) is 6.82. The van der Waals surface area contributed by atoms with Crippen LogP contribution in [0.2, 0.25) is 18.1 Å². The molecule has 0 saturated carbocycles. The summed E-state index contributed by atoms with van der Waals surface area (Å²) in [5, 5.41) is 3.04. The number of rotatable bonds is 10. The van der Waals surface area contributed by atoms with Crippen molar-refractivity contribution in [3.05, 3.63) is 108 Å². The fourth-order valence-corrected chi connectivity index (χ4v) is 6.46. The number of carbonyl (C=O) groups is 2. The standard InChI is InChI=1S/C33H42N2O4Si/c1-24(39-40(5,6)33(2,3)4)29(34-32(37)38-23-26-18-12-8-13-19-26)28-30(27-20-14-9-15-21-27)35(31(28)36)22-25-16-10-7-11-17-25/h7-21,24,28-30H,22-23H2,1-6H3,(H,34,37)/t24?,28-,29-,30-/m1/s1. The summed E-state index contributed by atoms with van der Waals surface area (Å²) in [5.41, 5.74) is 3.00. The molecule has 4 atom stereocenters. The predicted octanol–water partition coefficient (Wildman–Crippen LogP) is 7.09. The number of carbonyl (C=O) groups excluding carboxylic acids is 2. The molecule has 3 aromatic rings. The Bertz CT molecular complexity index is 1260. The summed E-state index contributed by atoms with van der Waals surface area (Å²) >= 11 is 0. The molecular weight excluding hydrogens is 516 g/mol. The van der Waals surface area contributed by atoms with Crippen molar-refractivity contribution in [2.75, 3.05) is 0 Å². The van der Waals surface area contributed by atoms with Gasteiger partial charge >= 0.3 is 6.09 Å². The molecule has 0 aliphatic carbocycles. The van der Waals surface area contributed by atoms with Gasteiger partial charge in [0.2, 0.25) is 5.91 Å². The average molecular weight is 559 g/mol. The zero-order valence-electron chi connectivity index (χ0n) is 24.5. The number of amides is 2. The fourth-order valence-electron chi connectivity index (χ4n) is 5.03. The van der Waals surface area contributed by atoms with E-state index in [9.17, 15) is 9.59 Å². The van der Waals surface area contributed by atoms with Gasteiger partial charge in [-0.2, -0.15) is 0 Å². The highest BCUT2D eigenvalue weighted by Crippen LogP contribution is 2.45. The Labute approximate surface area is 239 Å². The summed E-state index contributed by atoms with van der Waals surface area (Å²) in [6.45, 7) is 13.6. The molecule has 40 heavy (non-hydrogen) atoms. The molecular formula is C33H42N2O4Si. The highest BCUT2D eigenvalue weighted by molar-refractivity contribution is 6.74. The summed E-state index contributed by atoms with van der Waals surface area (Å²) in [5.74, 6) is -0.494. The van der Waals surface area contributed by atoms with E-state index in [1.165, 1.54) is 0 Å². The van der Waals surface area contributed by atoms with Crippen LogP contribution in [0.4, 0.5) is 4.79 Å². The van der Waals surface area contributed by atoms with Gasteiger partial charge in [0.05, 0.1) is 24.1 Å². The van der Waals surface area contributed by atoms with Gasteiger partial charge in [0, 0.05) is 6.54 Å². The number of benzene rings is 3. The summed E-state index contributed by atoms with van der Waals surface area (Å²) < 4.78 is 12.4. The first-order valence-electron chi connectivity index (χ1n) is 14.0. The SMILES string of the molecule is CC(O[Si](C)(C)C(C)(C)C)[C@@H](NC(=O)OCc1ccccc1)[C@H]1C(=O)N(Cc2ccccc2)[C@@H]1c1ccccc1. The van der Waals surface area contributed by atoms with Gasteiger partial charge in [-0.3, -0.25) is 4.79 Å². The Balaban J connectivity index is 1.62. The van der Waals surface area contributed by atoms with E-state index < -0.39 is 32.5 Å². The van der Waals surface area contributed by atoms with Crippen LogP contribution in [-0.2, 0) is 27.1 Å². The van der Waals surface area contributed by atoms with Gasteiger partial charge in [0.15, 0.2) is 8.32 Å². The number of hydrogen-bond donors (Lipinski definition) is 1. The third-order valence-corrected chi connectivity index (χ3v) is 12.8. The Morgan fingerprint density at radius 1 is 0.900 bits per heavy atom. The molecule has 1 heterocycles. The fraction of sp³-hybridized carbons (Fsp3) is 0.394. The molecule has 1 fully saturated rings. The van der Waals surface area contributed by atoms with E-state index in [1.807, 2.05) is 103 Å². The van der Waals surface area contributed by atoms with E-state index >= 15 is 0 Å². The summed E-state index contributed by atoms with van der Waals surface area (Å²) in [6, 6.07) is 28.8. The van der Waals surface area contributed by atoms with E-state index in [2.05, 4.69) is 39.2 Å². The molecule has 1 N–H and O–H groups in total. The lowest BCUT2D eigenvalue weighted by Crippen LogP contribution is -2.65. The van der Waals surface area contributed by atoms with Gasteiger partial charge in [0.1, 0.15) is 6.61 Å². The molecule has 7 heteroatoms. The molecule has 0 radical (unpaired) electrons. The van der Waals surface area contributed by atoms with E-state index in [-0.39, 0.29) is 23.6 Å². The molecule has 0 bridgehead atoms. The molecule has 4 rings (SSSR count). The molecule has 1 saturated heterocycles. The highest BCUT2D eigenvalue weighted by atomic mass is 28.4. The molecule has 0 spiro atoms. The van der Waals surface area contributed by atoms with Crippen LogP contribution in [0.1, 0.15) is 50.4 Å². The number of nitrogens with zero attached hydrogens (tertiary/aromatic N) is 1. The van der Waals surface area contributed by atoms with Crippen molar-refractivity contribution in [3.63, 3.8) is 0 Å². The minimum Gasteiger partial charge on any atom is -0.445 e. The molecule has 2 amide bonds. The van der Waals surface area contributed by atoms with Crippen molar-refractivity contribution in [3.8, 4) is 0 Å². The van der Waals surface area contributed by atoms with Crippen LogP contribution in [-0.4, -0.2) is 37.4 Å². The maximum atomic E-state index is 13.9. The van der Waals surface area contributed by atoms with Crippen LogP contribution in [0.25, 0.3) is 0 Å². The Morgan fingerprint density at radius 3 is 1.98 bits per heavy atom. The van der Waals surface area contributed by atoms with E-state index in [0.717, 1.165) is 16.7 Å². The number of likely N-dealkylation sites (tertiary alicyclic amines) is 1. The maximum absolute atomic E-state index is 13.9. The molecule has 0 aromatic heterocycles. The molecule has 1 unspecified atom stereocenters. The minimum atomic E-state index is -2.21. The van der Waals surface area contributed by atoms with E-state index in [0.29, 0.717) is 6.54 Å². The van der Waals surface area contributed by atoms with Gasteiger partial charge in [-0.1, -0.05) is 112 Å². The lowest BCUT2D eigenvalue weighted by molar-refractivity contribution is -0.162. The lowest BCUT2D eigenvalue weighted by Gasteiger charge is -2.52. The van der Waals surface area contributed by atoms with Gasteiger partial charge in [-0.05, 0) is 41.7 Å². The van der Waals surface area contributed by atoms with Crippen molar-refractivity contribution in [1.82, 2.24) is 10.2 Å². The summed E-state index contributed by atoms with van der Waals surface area (Å²) in [4.78, 5) is 29.0. The van der Waals surface area contributed by atoms with E-state index in [4.69, 9.17) is 9.16 Å². The van der Waals surface area contributed by atoms with Crippen LogP contribution >= 0.6 is 0 Å². The van der Waals surface area contributed by atoms with Crippen molar-refractivity contribution < 1.29 is 18.8 Å². The molecule has 3 aromatic carbocycles. The second kappa shape index (κ2) is 12.4. The van der Waals surface area contributed by atoms with Crippen LogP contribution in [0.5, 0.6) is 0 Å². The van der Waals surface area contributed by atoms with Crippen LogP contribution in [0, 0.1) is 5.92 Å². The molecule has 6 nitrogen and oxygen atoms in total. The second-order valence-corrected chi connectivity index (χ2v) is 16.9. The largest absolute Gasteiger partial charge is 0.445 e. The molecule has 1 aliphatic heterocycles. The topological polar surface area (TPSA) is 67.9 Å². The first kappa shape index (κ1) is 29.6. The zero-order valence-corrected chi connectivity index (χ0v) is 25.5. The zero-order chi connectivity index (χ0) is 28.9. The van der Waals surface area contributed by atoms with Crippen molar-refractivity contribution in [2.45, 2.75) is 77.2 Å². The Kier molecular flexibility index (Phi) is 9.16.